The predicted octanol–water partition coefficient (Wildman–Crippen LogP) is 2.79. The molecule has 3 unspecified atom stereocenters. The van der Waals surface area contributed by atoms with Crippen LogP contribution in [0, 0.1) is 5.92 Å². The Kier molecular flexibility index (Phi) is 4.24. The largest absolute Gasteiger partial charge is 0.468 e. The summed E-state index contributed by atoms with van der Waals surface area (Å²) in [6.07, 6.45) is 5.14. The maximum Gasteiger partial charge on any atom is 0.120 e. The van der Waals surface area contributed by atoms with E-state index in [0.29, 0.717) is 18.0 Å². The second-order valence-electron chi connectivity index (χ2n) is 5.06. The van der Waals surface area contributed by atoms with Gasteiger partial charge in [-0.2, -0.15) is 0 Å². The van der Waals surface area contributed by atoms with Crippen molar-refractivity contribution in [1.82, 2.24) is 4.90 Å². The van der Waals surface area contributed by atoms with Crippen LogP contribution in [-0.2, 0) is 0 Å². The summed E-state index contributed by atoms with van der Waals surface area (Å²) in [6.45, 7) is 6.66. The molecule has 0 bridgehead atoms. The zero-order chi connectivity index (χ0) is 12.3. The van der Waals surface area contributed by atoms with Gasteiger partial charge in [-0.05, 0) is 30.9 Å². The quantitative estimate of drug-likeness (QED) is 0.874. The highest BCUT2D eigenvalue weighted by Gasteiger charge is 2.30. The van der Waals surface area contributed by atoms with Crippen molar-refractivity contribution < 1.29 is 4.42 Å². The first-order chi connectivity index (χ1) is 8.26. The first-order valence-corrected chi connectivity index (χ1v) is 6.79. The average molecular weight is 236 g/mol. The molecule has 2 rings (SSSR count). The van der Waals surface area contributed by atoms with Gasteiger partial charge in [-0.15, -0.1) is 0 Å². The highest BCUT2D eigenvalue weighted by atomic mass is 16.3. The Morgan fingerprint density at radius 3 is 2.94 bits per heavy atom. The van der Waals surface area contributed by atoms with Crippen molar-refractivity contribution in [2.24, 2.45) is 11.7 Å². The number of nitrogens with zero attached hydrogens (tertiary/aromatic N) is 1. The zero-order valence-electron chi connectivity index (χ0n) is 10.9. The smallest absolute Gasteiger partial charge is 0.120 e. The van der Waals surface area contributed by atoms with Crippen molar-refractivity contribution in [3.8, 4) is 0 Å². The van der Waals surface area contributed by atoms with E-state index in [1.165, 1.54) is 6.42 Å². The highest BCUT2D eigenvalue weighted by Crippen LogP contribution is 2.30. The second kappa shape index (κ2) is 5.69. The monoisotopic (exact) mass is 236 g/mol. The Labute approximate surface area is 104 Å². The summed E-state index contributed by atoms with van der Waals surface area (Å²) >= 11 is 0. The number of piperidine rings is 1. The fourth-order valence-corrected chi connectivity index (χ4v) is 2.91. The Morgan fingerprint density at radius 2 is 2.35 bits per heavy atom. The molecule has 0 spiro atoms. The van der Waals surface area contributed by atoms with Crippen molar-refractivity contribution in [2.75, 3.05) is 13.1 Å². The summed E-state index contributed by atoms with van der Waals surface area (Å²) < 4.78 is 5.56. The highest BCUT2D eigenvalue weighted by molar-refractivity contribution is 5.05. The first-order valence-electron chi connectivity index (χ1n) is 6.79. The minimum Gasteiger partial charge on any atom is -0.468 e. The number of rotatable bonds is 4. The SMILES string of the molecule is CCC1CN(C(CC)c2ccco2)CCC1N. The molecule has 1 aliphatic heterocycles. The molecule has 1 saturated heterocycles. The zero-order valence-corrected chi connectivity index (χ0v) is 10.9. The van der Waals surface area contributed by atoms with Crippen molar-refractivity contribution >= 4 is 0 Å². The Bertz CT molecular complexity index is 323. The van der Waals surface area contributed by atoms with Crippen LogP contribution in [0.15, 0.2) is 22.8 Å². The fraction of sp³-hybridized carbons (Fsp3) is 0.714. The van der Waals surface area contributed by atoms with E-state index in [1.54, 1.807) is 6.26 Å². The predicted molar refractivity (Wildman–Crippen MR) is 69.7 cm³/mol. The van der Waals surface area contributed by atoms with Gasteiger partial charge in [0.2, 0.25) is 0 Å². The van der Waals surface area contributed by atoms with Crippen LogP contribution in [0.4, 0.5) is 0 Å². The molecule has 2 heterocycles. The van der Waals surface area contributed by atoms with E-state index in [-0.39, 0.29) is 0 Å². The normalized spacial score (nSPS) is 28.2. The molecular weight excluding hydrogens is 212 g/mol. The number of nitrogens with two attached hydrogens (primary N) is 1. The summed E-state index contributed by atoms with van der Waals surface area (Å²) in [7, 11) is 0. The van der Waals surface area contributed by atoms with Crippen LogP contribution >= 0.6 is 0 Å². The van der Waals surface area contributed by atoms with Crippen molar-refractivity contribution in [3.63, 3.8) is 0 Å². The van der Waals surface area contributed by atoms with E-state index in [1.807, 2.05) is 6.07 Å². The summed E-state index contributed by atoms with van der Waals surface area (Å²) in [5.41, 5.74) is 6.16. The van der Waals surface area contributed by atoms with Gasteiger partial charge in [0.25, 0.3) is 0 Å². The molecular formula is C14H24N2O. The molecule has 96 valence electrons. The molecule has 17 heavy (non-hydrogen) atoms. The summed E-state index contributed by atoms with van der Waals surface area (Å²) in [6, 6.07) is 4.87. The lowest BCUT2D eigenvalue weighted by molar-refractivity contribution is 0.0922. The van der Waals surface area contributed by atoms with Crippen molar-refractivity contribution in [3.05, 3.63) is 24.2 Å². The molecule has 1 aromatic rings. The molecule has 3 atom stereocenters. The van der Waals surface area contributed by atoms with Gasteiger partial charge in [-0.25, -0.2) is 0 Å². The third-order valence-electron chi connectivity index (χ3n) is 4.05. The topological polar surface area (TPSA) is 42.4 Å². The molecule has 2 N–H and O–H groups in total. The van der Waals surface area contributed by atoms with Gasteiger partial charge in [-0.3, -0.25) is 4.90 Å². The van der Waals surface area contributed by atoms with E-state index in [4.69, 9.17) is 10.2 Å². The van der Waals surface area contributed by atoms with Gasteiger partial charge in [0.05, 0.1) is 12.3 Å². The summed E-state index contributed by atoms with van der Waals surface area (Å²) in [5, 5.41) is 0. The van der Waals surface area contributed by atoms with E-state index in [0.717, 1.165) is 31.7 Å². The van der Waals surface area contributed by atoms with Crippen molar-refractivity contribution in [1.29, 1.82) is 0 Å². The second-order valence-corrected chi connectivity index (χ2v) is 5.06. The lowest BCUT2D eigenvalue weighted by Gasteiger charge is -2.40. The van der Waals surface area contributed by atoms with Gasteiger partial charge < -0.3 is 10.2 Å². The lowest BCUT2D eigenvalue weighted by atomic mass is 9.89. The minimum absolute atomic E-state index is 0.380. The molecule has 0 saturated carbocycles. The molecule has 3 heteroatoms. The van der Waals surface area contributed by atoms with E-state index in [2.05, 4.69) is 24.8 Å². The van der Waals surface area contributed by atoms with Crippen LogP contribution in [-0.4, -0.2) is 24.0 Å². The van der Waals surface area contributed by atoms with Crippen LogP contribution in [0.25, 0.3) is 0 Å². The Hall–Kier alpha value is -0.800. The van der Waals surface area contributed by atoms with Crippen LogP contribution in [0.3, 0.4) is 0 Å². The van der Waals surface area contributed by atoms with Gasteiger partial charge >= 0.3 is 0 Å². The van der Waals surface area contributed by atoms with Gasteiger partial charge in [0.15, 0.2) is 0 Å². The van der Waals surface area contributed by atoms with Gasteiger partial charge in [-0.1, -0.05) is 20.3 Å². The third kappa shape index (κ3) is 2.72. The Balaban J connectivity index is 2.06. The number of hydrogen-bond donors (Lipinski definition) is 1. The first kappa shape index (κ1) is 12.7. The lowest BCUT2D eigenvalue weighted by Crippen LogP contribution is -2.47. The number of hydrogen-bond acceptors (Lipinski definition) is 3. The summed E-state index contributed by atoms with van der Waals surface area (Å²) in [5.74, 6) is 1.73. The van der Waals surface area contributed by atoms with Crippen LogP contribution < -0.4 is 5.73 Å². The average Bonchev–Trinajstić information content (AvgIpc) is 2.86. The van der Waals surface area contributed by atoms with Gasteiger partial charge in [0.1, 0.15) is 5.76 Å². The Morgan fingerprint density at radius 1 is 1.53 bits per heavy atom. The van der Waals surface area contributed by atoms with Crippen LogP contribution in [0.5, 0.6) is 0 Å². The maximum atomic E-state index is 6.16. The van der Waals surface area contributed by atoms with Crippen molar-refractivity contribution in [2.45, 2.75) is 45.2 Å². The molecule has 1 aromatic heterocycles. The summed E-state index contributed by atoms with van der Waals surface area (Å²) in [4.78, 5) is 2.54. The third-order valence-corrected chi connectivity index (χ3v) is 4.05. The molecule has 1 fully saturated rings. The maximum absolute atomic E-state index is 6.16. The van der Waals surface area contributed by atoms with E-state index in [9.17, 15) is 0 Å². The van der Waals surface area contributed by atoms with E-state index >= 15 is 0 Å². The molecule has 0 radical (unpaired) electrons. The molecule has 3 nitrogen and oxygen atoms in total. The standard InChI is InChI=1S/C14H24N2O/c1-3-11-10-16(8-7-12(11)15)13(4-2)14-6-5-9-17-14/h5-6,9,11-13H,3-4,7-8,10,15H2,1-2H3. The fourth-order valence-electron chi connectivity index (χ4n) is 2.91. The molecule has 0 aliphatic carbocycles. The number of likely N-dealkylation sites (tertiary alicyclic amines) is 1. The molecule has 1 aliphatic rings. The van der Waals surface area contributed by atoms with E-state index < -0.39 is 0 Å². The molecule has 0 aromatic carbocycles. The van der Waals surface area contributed by atoms with Gasteiger partial charge in [0, 0.05) is 19.1 Å². The van der Waals surface area contributed by atoms with Crippen LogP contribution in [0.2, 0.25) is 0 Å². The minimum atomic E-state index is 0.380. The van der Waals surface area contributed by atoms with Crippen LogP contribution in [0.1, 0.15) is 44.9 Å². The molecule has 0 amide bonds. The number of furan rings is 1.